The maximum absolute atomic E-state index is 12.1. The predicted molar refractivity (Wildman–Crippen MR) is 83.3 cm³/mol. The van der Waals surface area contributed by atoms with E-state index in [1.54, 1.807) is 39.8 Å². The number of ketones is 1. The molecule has 0 aliphatic heterocycles. The van der Waals surface area contributed by atoms with Gasteiger partial charge in [-0.3, -0.25) is 4.79 Å². The lowest BCUT2D eigenvalue weighted by molar-refractivity contribution is 0.0525. The van der Waals surface area contributed by atoms with Crippen LogP contribution in [0.15, 0.2) is 12.1 Å². The van der Waals surface area contributed by atoms with Gasteiger partial charge in [0.25, 0.3) is 0 Å². The van der Waals surface area contributed by atoms with E-state index in [1.807, 2.05) is 0 Å². The van der Waals surface area contributed by atoms with Crippen LogP contribution < -0.4 is 10.1 Å². The highest BCUT2D eigenvalue weighted by Crippen LogP contribution is 2.14. The number of alkyl carbamates (subject to hydrolysis) is 1. The summed E-state index contributed by atoms with van der Waals surface area (Å²) < 4.78 is 10.1. The van der Waals surface area contributed by atoms with E-state index in [4.69, 9.17) is 9.47 Å². The largest absolute Gasteiger partial charge is 0.481 e. The first kappa shape index (κ1) is 17.9. The second-order valence-electron chi connectivity index (χ2n) is 5.94. The quantitative estimate of drug-likeness (QED) is 0.646. The molecule has 0 aliphatic carbocycles. The van der Waals surface area contributed by atoms with E-state index >= 15 is 0 Å². The number of rotatable bonds is 6. The second kappa shape index (κ2) is 7.77. The predicted octanol–water partition coefficient (Wildman–Crippen LogP) is 2.89. The first-order chi connectivity index (χ1) is 10.2. The number of aryl methyl sites for hydroxylation is 1. The van der Waals surface area contributed by atoms with E-state index < -0.39 is 11.7 Å². The molecule has 0 saturated carbocycles. The average Bonchev–Trinajstić information content (AvgIpc) is 2.41. The molecule has 0 aromatic carbocycles. The SMILES string of the molecule is COc1ccc(C(=O)CCCNC(=O)OC(C)(C)C)c(C)n1. The Labute approximate surface area is 131 Å². The minimum Gasteiger partial charge on any atom is -0.481 e. The van der Waals surface area contributed by atoms with E-state index in [0.717, 1.165) is 0 Å². The number of pyridine rings is 1. The fraction of sp³-hybridized carbons (Fsp3) is 0.562. The molecular weight excluding hydrogens is 284 g/mol. The molecule has 1 aromatic heterocycles. The third-order valence-corrected chi connectivity index (χ3v) is 2.82. The Morgan fingerprint density at radius 1 is 1.27 bits per heavy atom. The van der Waals surface area contributed by atoms with Crippen LogP contribution in [-0.2, 0) is 4.74 Å². The van der Waals surface area contributed by atoms with Gasteiger partial charge in [0.2, 0.25) is 5.88 Å². The van der Waals surface area contributed by atoms with Gasteiger partial charge in [0.05, 0.1) is 12.8 Å². The number of ether oxygens (including phenoxy) is 2. The summed E-state index contributed by atoms with van der Waals surface area (Å²) in [6, 6.07) is 3.38. The van der Waals surface area contributed by atoms with Gasteiger partial charge in [0.15, 0.2) is 5.78 Å². The number of carbonyl (C=O) groups is 2. The van der Waals surface area contributed by atoms with Crippen molar-refractivity contribution in [2.24, 2.45) is 0 Å². The summed E-state index contributed by atoms with van der Waals surface area (Å²) in [5, 5.41) is 2.63. The molecule has 1 heterocycles. The number of amides is 1. The van der Waals surface area contributed by atoms with Gasteiger partial charge in [-0.2, -0.15) is 0 Å². The average molecular weight is 308 g/mol. The number of carbonyl (C=O) groups excluding carboxylic acids is 2. The number of nitrogens with one attached hydrogen (secondary N) is 1. The van der Waals surface area contributed by atoms with Crippen molar-refractivity contribution < 1.29 is 19.1 Å². The Morgan fingerprint density at radius 2 is 1.95 bits per heavy atom. The van der Waals surface area contributed by atoms with Crippen LogP contribution in [0, 0.1) is 6.92 Å². The summed E-state index contributed by atoms with van der Waals surface area (Å²) in [5.74, 6) is 0.485. The van der Waals surface area contributed by atoms with Crippen LogP contribution in [0.1, 0.15) is 49.7 Å². The Hall–Kier alpha value is -2.11. The van der Waals surface area contributed by atoms with Gasteiger partial charge in [-0.15, -0.1) is 0 Å². The van der Waals surface area contributed by atoms with Crippen molar-refractivity contribution in [2.75, 3.05) is 13.7 Å². The van der Waals surface area contributed by atoms with Crippen LogP contribution in [0.3, 0.4) is 0 Å². The fourth-order valence-electron chi connectivity index (χ4n) is 1.83. The lowest BCUT2D eigenvalue weighted by Gasteiger charge is -2.19. The molecule has 0 spiro atoms. The monoisotopic (exact) mass is 308 g/mol. The number of aromatic nitrogens is 1. The Balaban J connectivity index is 2.39. The van der Waals surface area contributed by atoms with Crippen molar-refractivity contribution in [3.05, 3.63) is 23.4 Å². The molecule has 0 saturated heterocycles. The van der Waals surface area contributed by atoms with E-state index in [-0.39, 0.29) is 5.78 Å². The summed E-state index contributed by atoms with van der Waals surface area (Å²) in [4.78, 5) is 27.7. The zero-order valence-electron chi connectivity index (χ0n) is 13.9. The van der Waals surface area contributed by atoms with Crippen molar-refractivity contribution >= 4 is 11.9 Å². The molecule has 1 amide bonds. The van der Waals surface area contributed by atoms with E-state index in [2.05, 4.69) is 10.3 Å². The standard InChI is InChI=1S/C16H24N2O4/c1-11-12(8-9-14(18-11)21-5)13(19)7-6-10-17-15(20)22-16(2,3)4/h8-9H,6-7,10H2,1-5H3,(H,17,20). The number of hydrogen-bond acceptors (Lipinski definition) is 5. The molecule has 1 N–H and O–H groups in total. The van der Waals surface area contributed by atoms with Crippen molar-refractivity contribution in [3.63, 3.8) is 0 Å². The maximum atomic E-state index is 12.1. The number of hydrogen-bond donors (Lipinski definition) is 1. The Morgan fingerprint density at radius 3 is 2.50 bits per heavy atom. The lowest BCUT2D eigenvalue weighted by Crippen LogP contribution is -2.33. The zero-order valence-corrected chi connectivity index (χ0v) is 13.9. The molecule has 0 aliphatic rings. The lowest BCUT2D eigenvalue weighted by atomic mass is 10.1. The first-order valence-corrected chi connectivity index (χ1v) is 7.24. The number of Topliss-reactive ketones (excluding diaryl/α,β-unsaturated/α-hetero) is 1. The molecule has 0 fully saturated rings. The molecule has 1 aromatic rings. The van der Waals surface area contributed by atoms with Gasteiger partial charge < -0.3 is 14.8 Å². The fourth-order valence-corrected chi connectivity index (χ4v) is 1.83. The summed E-state index contributed by atoms with van der Waals surface area (Å²) in [7, 11) is 1.53. The molecule has 0 radical (unpaired) electrons. The summed E-state index contributed by atoms with van der Waals surface area (Å²) in [6.45, 7) is 7.57. The van der Waals surface area contributed by atoms with Crippen LogP contribution in [0.25, 0.3) is 0 Å². The summed E-state index contributed by atoms with van der Waals surface area (Å²) in [6.07, 6.45) is 0.413. The summed E-state index contributed by atoms with van der Waals surface area (Å²) in [5.41, 5.74) is 0.703. The molecule has 0 atom stereocenters. The molecule has 0 bridgehead atoms. The van der Waals surface area contributed by atoms with Crippen LogP contribution in [0.2, 0.25) is 0 Å². The van der Waals surface area contributed by atoms with Crippen molar-refractivity contribution in [3.8, 4) is 5.88 Å². The van der Waals surface area contributed by atoms with Gasteiger partial charge in [0, 0.05) is 24.6 Å². The minimum absolute atomic E-state index is 0.00126. The van der Waals surface area contributed by atoms with E-state index in [0.29, 0.717) is 36.5 Å². The smallest absolute Gasteiger partial charge is 0.407 e. The van der Waals surface area contributed by atoms with Crippen molar-refractivity contribution in [1.29, 1.82) is 0 Å². The maximum Gasteiger partial charge on any atom is 0.407 e. The van der Waals surface area contributed by atoms with Gasteiger partial charge >= 0.3 is 6.09 Å². The van der Waals surface area contributed by atoms with Gasteiger partial charge in [-0.1, -0.05) is 0 Å². The molecule has 6 heteroatoms. The molecular formula is C16H24N2O4. The first-order valence-electron chi connectivity index (χ1n) is 7.24. The molecule has 22 heavy (non-hydrogen) atoms. The molecule has 1 rings (SSSR count). The van der Waals surface area contributed by atoms with Crippen molar-refractivity contribution in [2.45, 2.75) is 46.1 Å². The third kappa shape index (κ3) is 6.11. The summed E-state index contributed by atoms with van der Waals surface area (Å²) >= 11 is 0. The topological polar surface area (TPSA) is 77.5 Å². The van der Waals surface area contributed by atoms with Crippen LogP contribution in [0.4, 0.5) is 4.79 Å². The van der Waals surface area contributed by atoms with Gasteiger partial charge in [-0.05, 0) is 40.2 Å². The van der Waals surface area contributed by atoms with E-state index in [1.165, 1.54) is 7.11 Å². The van der Waals surface area contributed by atoms with Gasteiger partial charge in [0.1, 0.15) is 5.60 Å². The molecule has 0 unspecified atom stereocenters. The highest BCUT2D eigenvalue weighted by molar-refractivity contribution is 5.97. The Bertz CT molecular complexity index is 535. The zero-order chi connectivity index (χ0) is 16.8. The Kier molecular flexibility index (Phi) is 6.34. The van der Waals surface area contributed by atoms with Crippen LogP contribution in [-0.4, -0.2) is 36.1 Å². The molecule has 6 nitrogen and oxygen atoms in total. The second-order valence-corrected chi connectivity index (χ2v) is 5.94. The van der Waals surface area contributed by atoms with E-state index in [9.17, 15) is 9.59 Å². The highest BCUT2D eigenvalue weighted by atomic mass is 16.6. The van der Waals surface area contributed by atoms with Crippen molar-refractivity contribution in [1.82, 2.24) is 10.3 Å². The normalized spacial score (nSPS) is 11.0. The third-order valence-electron chi connectivity index (χ3n) is 2.82. The molecule has 122 valence electrons. The van der Waals surface area contributed by atoms with Crippen LogP contribution in [0.5, 0.6) is 5.88 Å². The number of methoxy groups -OCH3 is 1. The minimum atomic E-state index is -0.522. The number of nitrogens with zero attached hydrogens (tertiary/aromatic N) is 1. The highest BCUT2D eigenvalue weighted by Gasteiger charge is 2.16. The van der Waals surface area contributed by atoms with Gasteiger partial charge in [-0.25, -0.2) is 9.78 Å². The van der Waals surface area contributed by atoms with Crippen LogP contribution >= 0.6 is 0 Å².